The lowest BCUT2D eigenvalue weighted by atomic mass is 9.97. The molecule has 0 aliphatic carbocycles. The van der Waals surface area contributed by atoms with Crippen LogP contribution in [0.4, 0.5) is 5.82 Å². The Kier molecular flexibility index (Phi) is 4.65. The predicted octanol–water partition coefficient (Wildman–Crippen LogP) is 0.988. The van der Waals surface area contributed by atoms with Gasteiger partial charge in [0.05, 0.1) is 18.2 Å². The molecule has 21 heavy (non-hydrogen) atoms. The third-order valence-electron chi connectivity index (χ3n) is 4.19. The quantitative estimate of drug-likeness (QED) is 0.895. The number of anilines is 1. The smallest absolute Gasteiger partial charge is 0.224 e. The van der Waals surface area contributed by atoms with Gasteiger partial charge < -0.3 is 15.0 Å². The van der Waals surface area contributed by atoms with Crippen molar-refractivity contribution in [1.29, 1.82) is 0 Å². The number of carbonyl (C=O) groups excluding carboxylic acids is 1. The van der Waals surface area contributed by atoms with Gasteiger partial charge in [0.1, 0.15) is 5.82 Å². The summed E-state index contributed by atoms with van der Waals surface area (Å²) in [6.45, 7) is 3.12. The molecule has 0 aromatic carbocycles. The van der Waals surface area contributed by atoms with Crippen molar-refractivity contribution in [2.45, 2.75) is 31.8 Å². The van der Waals surface area contributed by atoms with Gasteiger partial charge in [-0.25, -0.2) is 4.98 Å². The molecule has 2 aliphatic rings. The number of aromatic nitrogens is 2. The van der Waals surface area contributed by atoms with Crippen LogP contribution in [0.15, 0.2) is 18.6 Å². The molecule has 114 valence electrons. The Balaban J connectivity index is 1.51. The average Bonchev–Trinajstić information content (AvgIpc) is 3.07. The van der Waals surface area contributed by atoms with Crippen molar-refractivity contribution < 1.29 is 9.53 Å². The molecular weight excluding hydrogens is 268 g/mol. The molecule has 3 heterocycles. The first-order valence-electron chi connectivity index (χ1n) is 7.73. The zero-order chi connectivity index (χ0) is 14.5. The fourth-order valence-corrected chi connectivity index (χ4v) is 3.02. The van der Waals surface area contributed by atoms with E-state index in [-0.39, 0.29) is 17.9 Å². The number of hydrogen-bond donors (Lipinski definition) is 1. The van der Waals surface area contributed by atoms with E-state index in [4.69, 9.17) is 4.74 Å². The first kappa shape index (κ1) is 14.3. The Morgan fingerprint density at radius 1 is 1.38 bits per heavy atom. The van der Waals surface area contributed by atoms with E-state index in [2.05, 4.69) is 20.2 Å². The third-order valence-corrected chi connectivity index (χ3v) is 4.19. The molecule has 1 aromatic rings. The van der Waals surface area contributed by atoms with Crippen LogP contribution in [0.25, 0.3) is 0 Å². The van der Waals surface area contributed by atoms with Crippen molar-refractivity contribution in [1.82, 2.24) is 15.3 Å². The highest BCUT2D eigenvalue weighted by Gasteiger charge is 2.27. The molecule has 2 fully saturated rings. The fraction of sp³-hybridized carbons (Fsp3) is 0.667. The number of nitrogens with zero attached hydrogens (tertiary/aromatic N) is 3. The topological polar surface area (TPSA) is 67.3 Å². The van der Waals surface area contributed by atoms with Crippen LogP contribution in [0.1, 0.15) is 25.7 Å². The first-order valence-corrected chi connectivity index (χ1v) is 7.73. The molecule has 1 N–H and O–H groups in total. The van der Waals surface area contributed by atoms with E-state index < -0.39 is 0 Å². The van der Waals surface area contributed by atoms with E-state index >= 15 is 0 Å². The molecule has 0 radical (unpaired) electrons. The lowest BCUT2D eigenvalue weighted by molar-refractivity contribution is -0.125. The van der Waals surface area contributed by atoms with Crippen molar-refractivity contribution in [2.75, 3.05) is 31.1 Å². The number of nitrogens with one attached hydrogen (secondary N) is 1. The van der Waals surface area contributed by atoms with Gasteiger partial charge in [-0.2, -0.15) is 0 Å². The fourth-order valence-electron chi connectivity index (χ4n) is 3.02. The Morgan fingerprint density at radius 3 is 3.10 bits per heavy atom. The lowest BCUT2D eigenvalue weighted by Gasteiger charge is -2.32. The molecule has 0 saturated carbocycles. The predicted molar refractivity (Wildman–Crippen MR) is 79.0 cm³/mol. The molecular formula is C15H22N4O2. The third kappa shape index (κ3) is 3.69. The molecule has 2 saturated heterocycles. The molecule has 0 spiro atoms. The summed E-state index contributed by atoms with van der Waals surface area (Å²) in [5, 5.41) is 3.04. The minimum Gasteiger partial charge on any atom is -0.376 e. The Morgan fingerprint density at radius 2 is 2.33 bits per heavy atom. The molecule has 0 bridgehead atoms. The summed E-state index contributed by atoms with van der Waals surface area (Å²) in [5.41, 5.74) is 0. The normalized spacial score (nSPS) is 25.8. The SMILES string of the molecule is O=C(NC[C@H]1CCCO1)[C@@H]1CCCN(c2cnccn2)C1. The van der Waals surface area contributed by atoms with Gasteiger partial charge in [0, 0.05) is 38.6 Å². The highest BCUT2D eigenvalue weighted by molar-refractivity contribution is 5.79. The van der Waals surface area contributed by atoms with Gasteiger partial charge in [0.15, 0.2) is 0 Å². The number of rotatable bonds is 4. The maximum Gasteiger partial charge on any atom is 0.224 e. The molecule has 1 amide bonds. The van der Waals surface area contributed by atoms with Crippen LogP contribution < -0.4 is 10.2 Å². The highest BCUT2D eigenvalue weighted by atomic mass is 16.5. The highest BCUT2D eigenvalue weighted by Crippen LogP contribution is 2.21. The van der Waals surface area contributed by atoms with Gasteiger partial charge in [-0.1, -0.05) is 0 Å². The molecule has 2 atom stereocenters. The standard InChI is InChI=1S/C15H22N4O2/c20-15(18-9-13-4-2-8-21-13)12-3-1-7-19(11-12)14-10-16-5-6-17-14/h5-6,10,12-13H,1-4,7-9,11H2,(H,18,20)/t12-,13-/m1/s1. The summed E-state index contributed by atoms with van der Waals surface area (Å²) >= 11 is 0. The van der Waals surface area contributed by atoms with Gasteiger partial charge in [-0.15, -0.1) is 0 Å². The van der Waals surface area contributed by atoms with E-state index in [1.165, 1.54) is 0 Å². The maximum absolute atomic E-state index is 12.3. The van der Waals surface area contributed by atoms with E-state index in [0.717, 1.165) is 51.2 Å². The summed E-state index contributed by atoms with van der Waals surface area (Å²) in [4.78, 5) is 22.9. The minimum absolute atomic E-state index is 0.0298. The van der Waals surface area contributed by atoms with Crippen molar-refractivity contribution in [3.8, 4) is 0 Å². The summed E-state index contributed by atoms with van der Waals surface area (Å²) in [6, 6.07) is 0. The van der Waals surface area contributed by atoms with Crippen molar-refractivity contribution in [3.63, 3.8) is 0 Å². The number of piperidine rings is 1. The van der Waals surface area contributed by atoms with Crippen LogP contribution in [0.3, 0.4) is 0 Å². The minimum atomic E-state index is 0.0298. The molecule has 1 aromatic heterocycles. The largest absolute Gasteiger partial charge is 0.376 e. The molecule has 3 rings (SSSR count). The maximum atomic E-state index is 12.3. The van der Waals surface area contributed by atoms with Gasteiger partial charge >= 0.3 is 0 Å². The average molecular weight is 290 g/mol. The van der Waals surface area contributed by atoms with Crippen LogP contribution in [-0.4, -0.2) is 48.2 Å². The van der Waals surface area contributed by atoms with Gasteiger partial charge in [0.25, 0.3) is 0 Å². The Labute approximate surface area is 124 Å². The van der Waals surface area contributed by atoms with Crippen LogP contribution >= 0.6 is 0 Å². The molecule has 6 nitrogen and oxygen atoms in total. The summed E-state index contributed by atoms with van der Waals surface area (Å²) in [6.07, 6.45) is 9.42. The Hall–Kier alpha value is -1.69. The van der Waals surface area contributed by atoms with Crippen molar-refractivity contribution >= 4 is 11.7 Å². The second kappa shape index (κ2) is 6.85. The Bertz CT molecular complexity index is 462. The van der Waals surface area contributed by atoms with E-state index in [9.17, 15) is 4.79 Å². The van der Waals surface area contributed by atoms with Crippen molar-refractivity contribution in [3.05, 3.63) is 18.6 Å². The van der Waals surface area contributed by atoms with E-state index in [1.807, 2.05) is 0 Å². The second-order valence-electron chi connectivity index (χ2n) is 5.73. The molecule has 2 aliphatic heterocycles. The van der Waals surface area contributed by atoms with E-state index in [1.54, 1.807) is 18.6 Å². The lowest BCUT2D eigenvalue weighted by Crippen LogP contribution is -2.44. The van der Waals surface area contributed by atoms with Crippen LogP contribution in [-0.2, 0) is 9.53 Å². The van der Waals surface area contributed by atoms with Crippen LogP contribution in [0.5, 0.6) is 0 Å². The van der Waals surface area contributed by atoms with Crippen LogP contribution in [0.2, 0.25) is 0 Å². The second-order valence-corrected chi connectivity index (χ2v) is 5.73. The van der Waals surface area contributed by atoms with Gasteiger partial charge in [0.2, 0.25) is 5.91 Å². The van der Waals surface area contributed by atoms with E-state index in [0.29, 0.717) is 6.54 Å². The van der Waals surface area contributed by atoms with Crippen LogP contribution in [0, 0.1) is 5.92 Å². The summed E-state index contributed by atoms with van der Waals surface area (Å²) in [5.74, 6) is 1.02. The first-order chi connectivity index (χ1) is 10.3. The zero-order valence-electron chi connectivity index (χ0n) is 12.2. The zero-order valence-corrected chi connectivity index (χ0v) is 12.2. The van der Waals surface area contributed by atoms with Gasteiger partial charge in [-0.05, 0) is 25.7 Å². The summed E-state index contributed by atoms with van der Waals surface area (Å²) < 4.78 is 5.54. The number of hydrogen-bond acceptors (Lipinski definition) is 5. The monoisotopic (exact) mass is 290 g/mol. The number of ether oxygens (including phenoxy) is 1. The molecule has 0 unspecified atom stereocenters. The van der Waals surface area contributed by atoms with Crippen molar-refractivity contribution in [2.24, 2.45) is 5.92 Å². The molecule has 6 heteroatoms. The number of amides is 1. The number of carbonyl (C=O) groups is 1. The van der Waals surface area contributed by atoms with Gasteiger partial charge in [-0.3, -0.25) is 9.78 Å². The summed E-state index contributed by atoms with van der Waals surface area (Å²) in [7, 11) is 0.